The fourth-order valence-electron chi connectivity index (χ4n) is 2.91. The molecule has 2 aliphatic heterocycles. The predicted octanol–water partition coefficient (Wildman–Crippen LogP) is 0.423. The second-order valence-electron chi connectivity index (χ2n) is 5.18. The highest BCUT2D eigenvalue weighted by Crippen LogP contribution is 2.21. The van der Waals surface area contributed by atoms with Gasteiger partial charge >= 0.3 is 0 Å². The van der Waals surface area contributed by atoms with Gasteiger partial charge in [-0.05, 0) is 39.3 Å². The normalized spacial score (nSPS) is 24.9. The Morgan fingerprint density at radius 3 is 2.78 bits per heavy atom. The van der Waals surface area contributed by atoms with Crippen molar-refractivity contribution in [3.05, 3.63) is 11.6 Å². The lowest BCUT2D eigenvalue weighted by Gasteiger charge is -2.23. The number of aromatic nitrogens is 3. The van der Waals surface area contributed by atoms with Crippen molar-refractivity contribution in [2.24, 2.45) is 0 Å². The van der Waals surface area contributed by atoms with Crippen molar-refractivity contribution >= 4 is 5.91 Å². The average Bonchev–Trinajstić information content (AvgIpc) is 3.09. The Balaban J connectivity index is 1.63. The predicted molar refractivity (Wildman–Crippen MR) is 66.2 cm³/mol. The summed E-state index contributed by atoms with van der Waals surface area (Å²) in [6.07, 6.45) is 3.67. The molecular weight excluding hydrogens is 230 g/mol. The number of nitrogens with zero attached hydrogens (tertiary/aromatic N) is 4. The molecule has 6 heteroatoms. The number of rotatable bonds is 2. The van der Waals surface area contributed by atoms with Crippen molar-refractivity contribution < 1.29 is 4.79 Å². The monoisotopic (exact) mass is 249 g/mol. The summed E-state index contributed by atoms with van der Waals surface area (Å²) in [5.41, 5.74) is 0. The maximum Gasteiger partial charge on any atom is 0.293 e. The van der Waals surface area contributed by atoms with Crippen LogP contribution >= 0.6 is 0 Å². The minimum atomic E-state index is -0.0407. The quantitative estimate of drug-likeness (QED) is 0.825. The van der Waals surface area contributed by atoms with Crippen molar-refractivity contribution in [1.82, 2.24) is 25.0 Å². The minimum Gasteiger partial charge on any atom is -0.334 e. The van der Waals surface area contributed by atoms with E-state index in [2.05, 4.69) is 20.1 Å². The zero-order chi connectivity index (χ0) is 12.5. The van der Waals surface area contributed by atoms with Crippen LogP contribution in [0.1, 0.15) is 35.7 Å². The number of aromatic amines is 1. The van der Waals surface area contributed by atoms with Crippen LogP contribution in [0.3, 0.4) is 0 Å². The van der Waals surface area contributed by atoms with Crippen LogP contribution in [-0.2, 0) is 0 Å². The van der Waals surface area contributed by atoms with Gasteiger partial charge in [0.2, 0.25) is 5.82 Å². The zero-order valence-corrected chi connectivity index (χ0v) is 10.7. The van der Waals surface area contributed by atoms with Crippen molar-refractivity contribution in [2.75, 3.05) is 26.2 Å². The van der Waals surface area contributed by atoms with Gasteiger partial charge in [-0.2, -0.15) is 0 Å². The first-order valence-corrected chi connectivity index (χ1v) is 6.66. The molecule has 6 nitrogen and oxygen atoms in total. The van der Waals surface area contributed by atoms with Gasteiger partial charge in [0.15, 0.2) is 0 Å². The van der Waals surface area contributed by atoms with E-state index in [1.54, 1.807) is 6.92 Å². The van der Waals surface area contributed by atoms with E-state index < -0.39 is 0 Å². The number of hydrogen-bond acceptors (Lipinski definition) is 4. The van der Waals surface area contributed by atoms with Crippen LogP contribution in [0, 0.1) is 6.92 Å². The molecule has 0 spiro atoms. The number of aryl methyl sites for hydroxylation is 1. The molecule has 0 radical (unpaired) electrons. The Morgan fingerprint density at radius 2 is 2.11 bits per heavy atom. The van der Waals surface area contributed by atoms with E-state index in [1.807, 2.05) is 4.90 Å². The van der Waals surface area contributed by atoms with E-state index in [0.29, 0.717) is 17.7 Å². The molecule has 3 rings (SSSR count). The summed E-state index contributed by atoms with van der Waals surface area (Å²) in [6, 6.07) is 0.538. The Labute approximate surface area is 106 Å². The molecule has 1 N–H and O–H groups in total. The second-order valence-corrected chi connectivity index (χ2v) is 5.18. The lowest BCUT2D eigenvalue weighted by molar-refractivity contribution is 0.0768. The van der Waals surface area contributed by atoms with Gasteiger partial charge in [-0.25, -0.2) is 4.98 Å². The lowest BCUT2D eigenvalue weighted by atomic mass is 10.2. The highest BCUT2D eigenvalue weighted by Gasteiger charge is 2.33. The number of nitrogens with one attached hydrogen (secondary N) is 1. The van der Waals surface area contributed by atoms with Crippen molar-refractivity contribution in [1.29, 1.82) is 0 Å². The third-order valence-corrected chi connectivity index (χ3v) is 3.90. The maximum atomic E-state index is 12.2. The average molecular weight is 249 g/mol. The van der Waals surface area contributed by atoms with E-state index in [9.17, 15) is 4.79 Å². The SMILES string of the molecule is Cc1nc(C(=O)N2CCC(N3CCCC3)C2)n[nH]1. The molecule has 0 aliphatic carbocycles. The number of carbonyl (C=O) groups is 1. The molecule has 0 saturated carbocycles. The molecule has 0 aromatic carbocycles. The molecule has 1 amide bonds. The fraction of sp³-hybridized carbons (Fsp3) is 0.750. The molecule has 1 aromatic rings. The van der Waals surface area contributed by atoms with Gasteiger partial charge < -0.3 is 4.90 Å². The Morgan fingerprint density at radius 1 is 1.33 bits per heavy atom. The van der Waals surface area contributed by atoms with Gasteiger partial charge in [0.25, 0.3) is 5.91 Å². The highest BCUT2D eigenvalue weighted by atomic mass is 16.2. The Hall–Kier alpha value is -1.43. The molecular formula is C12H19N5O. The summed E-state index contributed by atoms with van der Waals surface area (Å²) >= 11 is 0. The minimum absolute atomic E-state index is 0.0407. The van der Waals surface area contributed by atoms with Crippen molar-refractivity contribution in [3.63, 3.8) is 0 Å². The van der Waals surface area contributed by atoms with Gasteiger partial charge in [-0.15, -0.1) is 5.10 Å². The summed E-state index contributed by atoms with van der Waals surface area (Å²) in [7, 11) is 0. The Kier molecular flexibility index (Phi) is 3.03. The van der Waals surface area contributed by atoms with E-state index in [1.165, 1.54) is 25.9 Å². The van der Waals surface area contributed by atoms with Crippen LogP contribution in [-0.4, -0.2) is 63.1 Å². The molecule has 1 atom stereocenters. The van der Waals surface area contributed by atoms with Crippen molar-refractivity contribution in [3.8, 4) is 0 Å². The van der Waals surface area contributed by atoms with Crippen LogP contribution in [0.4, 0.5) is 0 Å². The van der Waals surface area contributed by atoms with E-state index in [-0.39, 0.29) is 5.91 Å². The third kappa shape index (κ3) is 2.12. The van der Waals surface area contributed by atoms with Crippen LogP contribution in [0.2, 0.25) is 0 Å². The topological polar surface area (TPSA) is 65.1 Å². The summed E-state index contributed by atoms with van der Waals surface area (Å²) in [5.74, 6) is 0.948. The molecule has 2 saturated heterocycles. The maximum absolute atomic E-state index is 12.2. The number of likely N-dealkylation sites (tertiary alicyclic amines) is 2. The number of hydrogen-bond donors (Lipinski definition) is 1. The van der Waals surface area contributed by atoms with Gasteiger partial charge in [0.05, 0.1) is 0 Å². The molecule has 3 heterocycles. The molecule has 2 aliphatic rings. The van der Waals surface area contributed by atoms with E-state index >= 15 is 0 Å². The molecule has 0 bridgehead atoms. The van der Waals surface area contributed by atoms with Crippen LogP contribution < -0.4 is 0 Å². The molecule has 18 heavy (non-hydrogen) atoms. The molecule has 2 fully saturated rings. The van der Waals surface area contributed by atoms with Gasteiger partial charge in [-0.3, -0.25) is 14.8 Å². The van der Waals surface area contributed by atoms with Crippen LogP contribution in [0.5, 0.6) is 0 Å². The first-order valence-electron chi connectivity index (χ1n) is 6.66. The van der Waals surface area contributed by atoms with Gasteiger partial charge in [0.1, 0.15) is 5.82 Å². The number of H-pyrrole nitrogens is 1. The van der Waals surface area contributed by atoms with E-state index in [0.717, 1.165) is 19.5 Å². The summed E-state index contributed by atoms with van der Waals surface area (Å²) in [4.78, 5) is 20.7. The van der Waals surface area contributed by atoms with Gasteiger partial charge in [-0.1, -0.05) is 0 Å². The smallest absolute Gasteiger partial charge is 0.293 e. The number of carbonyl (C=O) groups excluding carboxylic acids is 1. The van der Waals surface area contributed by atoms with E-state index in [4.69, 9.17) is 0 Å². The fourth-order valence-corrected chi connectivity index (χ4v) is 2.91. The Bertz CT molecular complexity index is 437. The first-order chi connectivity index (χ1) is 8.74. The second kappa shape index (κ2) is 4.68. The van der Waals surface area contributed by atoms with Gasteiger partial charge in [0, 0.05) is 19.1 Å². The number of amides is 1. The summed E-state index contributed by atoms with van der Waals surface area (Å²) in [5, 5.41) is 6.66. The van der Waals surface area contributed by atoms with Crippen LogP contribution in [0.15, 0.2) is 0 Å². The summed E-state index contributed by atoms with van der Waals surface area (Å²) in [6.45, 7) is 5.83. The first kappa shape index (κ1) is 11.6. The molecule has 1 aromatic heterocycles. The largest absolute Gasteiger partial charge is 0.334 e. The van der Waals surface area contributed by atoms with Crippen LogP contribution in [0.25, 0.3) is 0 Å². The lowest BCUT2D eigenvalue weighted by Crippen LogP contribution is -2.37. The third-order valence-electron chi connectivity index (χ3n) is 3.90. The molecule has 98 valence electrons. The zero-order valence-electron chi connectivity index (χ0n) is 10.7. The van der Waals surface area contributed by atoms with Crippen molar-refractivity contribution in [2.45, 2.75) is 32.2 Å². The standard InChI is InChI=1S/C12H19N5O/c1-9-13-11(15-14-9)12(18)17-7-4-10(8-17)16-5-2-3-6-16/h10H,2-8H2,1H3,(H,13,14,15). The summed E-state index contributed by atoms with van der Waals surface area (Å²) < 4.78 is 0. The molecule has 1 unspecified atom stereocenters. The highest BCUT2D eigenvalue weighted by molar-refractivity contribution is 5.90.